The van der Waals surface area contributed by atoms with Crippen LogP contribution in [0, 0.1) is 12.8 Å². The van der Waals surface area contributed by atoms with E-state index in [1.54, 1.807) is 6.07 Å². The quantitative estimate of drug-likeness (QED) is 0.572. The van der Waals surface area contributed by atoms with Gasteiger partial charge in [0.15, 0.2) is 0 Å². The van der Waals surface area contributed by atoms with Crippen LogP contribution in [0.2, 0.25) is 0 Å². The Morgan fingerprint density at radius 1 is 1.28 bits per heavy atom. The number of amides is 1. The van der Waals surface area contributed by atoms with Crippen LogP contribution < -0.4 is 5.46 Å². The second-order valence-corrected chi connectivity index (χ2v) is 9.37. The van der Waals surface area contributed by atoms with Gasteiger partial charge in [-0.25, -0.2) is 0 Å². The summed E-state index contributed by atoms with van der Waals surface area (Å²) >= 11 is 1.83. The van der Waals surface area contributed by atoms with Crippen molar-refractivity contribution in [1.29, 1.82) is 0 Å². The molecule has 0 aliphatic carbocycles. The largest absolute Gasteiger partial charge is 0.489 e. The lowest BCUT2D eigenvalue weighted by atomic mass is 9.77. The number of carbonyl (C=O) groups excluding carboxylic acids is 2. The highest BCUT2D eigenvalue weighted by Gasteiger charge is 2.41. The van der Waals surface area contributed by atoms with E-state index in [4.69, 9.17) is 0 Å². The van der Waals surface area contributed by atoms with E-state index in [0.717, 1.165) is 32.5 Å². The zero-order valence-corrected chi connectivity index (χ0v) is 17.3. The third-order valence-electron chi connectivity index (χ3n) is 6.08. The Morgan fingerprint density at radius 3 is 2.79 bits per heavy atom. The van der Waals surface area contributed by atoms with Gasteiger partial charge >= 0.3 is 7.12 Å². The molecule has 3 heterocycles. The number of hydrogen-bond acceptors (Lipinski definition) is 6. The van der Waals surface area contributed by atoms with Gasteiger partial charge in [0.05, 0.1) is 0 Å². The van der Waals surface area contributed by atoms with Gasteiger partial charge in [0, 0.05) is 46.6 Å². The molecule has 0 saturated carbocycles. The van der Waals surface area contributed by atoms with Crippen molar-refractivity contribution in [3.05, 3.63) is 51.2 Å². The molecule has 2 saturated heterocycles. The van der Waals surface area contributed by atoms with Crippen molar-refractivity contribution >= 4 is 36.1 Å². The number of fused-ring (bicyclic) bond motifs is 1. The SMILES string of the molecule is Cc1ccc(CN2CCC[C@H]3CN(C(=O)c4ccc(B(O)O)c(C=O)c4)C[C@H]32)s1. The van der Waals surface area contributed by atoms with E-state index in [0.29, 0.717) is 30.4 Å². The van der Waals surface area contributed by atoms with E-state index in [9.17, 15) is 19.6 Å². The third-order valence-corrected chi connectivity index (χ3v) is 7.06. The number of aldehydes is 1. The minimum absolute atomic E-state index is 0.103. The molecule has 2 aromatic rings. The molecule has 1 aromatic heterocycles. The zero-order valence-electron chi connectivity index (χ0n) is 16.5. The highest BCUT2D eigenvalue weighted by Crippen LogP contribution is 2.33. The summed E-state index contributed by atoms with van der Waals surface area (Å²) in [5.41, 5.74) is 0.664. The summed E-state index contributed by atoms with van der Waals surface area (Å²) in [6, 6.07) is 9.18. The lowest BCUT2D eigenvalue weighted by molar-refractivity contribution is 0.0774. The monoisotopic (exact) mass is 412 g/mol. The van der Waals surface area contributed by atoms with Crippen molar-refractivity contribution in [2.45, 2.75) is 32.4 Å². The fourth-order valence-corrected chi connectivity index (χ4v) is 5.55. The number of hydrogen-bond donors (Lipinski definition) is 2. The van der Waals surface area contributed by atoms with Gasteiger partial charge in [0.2, 0.25) is 0 Å². The molecule has 0 bridgehead atoms. The average Bonchev–Trinajstić information content (AvgIpc) is 3.33. The predicted octanol–water partition coefficient (Wildman–Crippen LogP) is 1.29. The molecule has 4 rings (SSSR count). The lowest BCUT2D eigenvalue weighted by Crippen LogP contribution is -2.44. The van der Waals surface area contributed by atoms with Crippen LogP contribution in [-0.2, 0) is 6.54 Å². The molecule has 6 nitrogen and oxygen atoms in total. The van der Waals surface area contributed by atoms with Crippen LogP contribution in [0.4, 0.5) is 0 Å². The summed E-state index contributed by atoms with van der Waals surface area (Å²) in [5, 5.41) is 18.7. The molecule has 2 N–H and O–H groups in total. The number of piperidine rings is 1. The Labute approximate surface area is 174 Å². The summed E-state index contributed by atoms with van der Waals surface area (Å²) < 4.78 is 0. The Balaban J connectivity index is 1.49. The maximum Gasteiger partial charge on any atom is 0.489 e. The van der Waals surface area contributed by atoms with Crippen molar-refractivity contribution in [1.82, 2.24) is 9.80 Å². The Hall–Kier alpha value is -2.00. The smallest absolute Gasteiger partial charge is 0.423 e. The summed E-state index contributed by atoms with van der Waals surface area (Å²) in [6.45, 7) is 5.52. The number of benzene rings is 1. The summed E-state index contributed by atoms with van der Waals surface area (Å²) in [5.74, 6) is 0.367. The fraction of sp³-hybridized carbons (Fsp3) is 0.429. The van der Waals surface area contributed by atoms with Gasteiger partial charge in [-0.15, -0.1) is 11.3 Å². The molecule has 29 heavy (non-hydrogen) atoms. The van der Waals surface area contributed by atoms with Crippen molar-refractivity contribution in [3.8, 4) is 0 Å². The maximum atomic E-state index is 13.1. The molecule has 2 atom stereocenters. The van der Waals surface area contributed by atoms with Crippen LogP contribution in [0.1, 0.15) is 43.3 Å². The predicted molar refractivity (Wildman–Crippen MR) is 114 cm³/mol. The number of likely N-dealkylation sites (tertiary alicyclic amines) is 2. The summed E-state index contributed by atoms with van der Waals surface area (Å²) in [7, 11) is -1.73. The molecule has 1 aromatic carbocycles. The van der Waals surface area contributed by atoms with E-state index >= 15 is 0 Å². The van der Waals surface area contributed by atoms with Crippen LogP contribution in [0.5, 0.6) is 0 Å². The maximum absolute atomic E-state index is 13.1. The molecule has 8 heteroatoms. The van der Waals surface area contributed by atoms with Crippen LogP contribution in [-0.4, -0.2) is 64.8 Å². The van der Waals surface area contributed by atoms with Crippen LogP contribution in [0.3, 0.4) is 0 Å². The van der Waals surface area contributed by atoms with Gasteiger partial charge in [-0.2, -0.15) is 0 Å². The van der Waals surface area contributed by atoms with Gasteiger partial charge in [-0.1, -0.05) is 6.07 Å². The Morgan fingerprint density at radius 2 is 2.10 bits per heavy atom. The van der Waals surface area contributed by atoms with Gasteiger partial charge in [-0.3, -0.25) is 14.5 Å². The summed E-state index contributed by atoms with van der Waals surface area (Å²) in [4.78, 5) is 31.4. The first-order valence-electron chi connectivity index (χ1n) is 10.00. The van der Waals surface area contributed by atoms with Crippen molar-refractivity contribution in [3.63, 3.8) is 0 Å². The van der Waals surface area contributed by atoms with E-state index in [-0.39, 0.29) is 16.9 Å². The Kier molecular flexibility index (Phi) is 5.87. The standard InChI is InChI=1S/C21H25BN2O4S/c1-14-4-6-18(29-14)11-23-8-2-3-16-10-24(12-20(16)23)21(26)15-5-7-19(22(27)28)17(9-15)13-25/h4-7,9,13,16,20,27-28H,2-3,8,10-12H2,1H3/t16-,20+/m0/s1. The number of aryl methyl sites for hydroxylation is 1. The van der Waals surface area contributed by atoms with Gasteiger partial charge < -0.3 is 14.9 Å². The van der Waals surface area contributed by atoms with Gasteiger partial charge in [0.25, 0.3) is 5.91 Å². The average molecular weight is 412 g/mol. The lowest BCUT2D eigenvalue weighted by Gasteiger charge is -2.36. The first-order chi connectivity index (χ1) is 14.0. The van der Waals surface area contributed by atoms with Gasteiger partial charge in [-0.05, 0) is 62.0 Å². The second kappa shape index (κ2) is 8.40. The first kappa shape index (κ1) is 20.3. The van der Waals surface area contributed by atoms with E-state index in [1.807, 2.05) is 16.2 Å². The molecular formula is C21H25BN2O4S. The molecule has 0 spiro atoms. The minimum atomic E-state index is -1.73. The normalized spacial score (nSPS) is 21.8. The van der Waals surface area contributed by atoms with Crippen molar-refractivity contribution in [2.24, 2.45) is 5.92 Å². The molecule has 2 aliphatic heterocycles. The molecule has 0 radical (unpaired) electrons. The van der Waals surface area contributed by atoms with E-state index < -0.39 is 7.12 Å². The number of nitrogens with zero attached hydrogens (tertiary/aromatic N) is 2. The van der Waals surface area contributed by atoms with Crippen LogP contribution >= 0.6 is 11.3 Å². The minimum Gasteiger partial charge on any atom is -0.423 e. The number of thiophene rings is 1. The number of rotatable bonds is 5. The van der Waals surface area contributed by atoms with E-state index in [2.05, 4.69) is 24.0 Å². The second-order valence-electron chi connectivity index (χ2n) is 8.00. The fourth-order valence-electron chi connectivity index (χ4n) is 4.63. The van der Waals surface area contributed by atoms with Crippen LogP contribution in [0.15, 0.2) is 30.3 Å². The molecule has 2 aliphatic rings. The topological polar surface area (TPSA) is 81.1 Å². The zero-order chi connectivity index (χ0) is 20.5. The Bertz CT molecular complexity index is 916. The highest BCUT2D eigenvalue weighted by molar-refractivity contribution is 7.11. The molecule has 1 amide bonds. The van der Waals surface area contributed by atoms with Gasteiger partial charge in [0.1, 0.15) is 6.29 Å². The molecule has 152 valence electrons. The first-order valence-corrected chi connectivity index (χ1v) is 10.8. The molecule has 0 unspecified atom stereocenters. The van der Waals surface area contributed by atoms with Crippen molar-refractivity contribution in [2.75, 3.05) is 19.6 Å². The molecular weight excluding hydrogens is 387 g/mol. The highest BCUT2D eigenvalue weighted by atomic mass is 32.1. The van der Waals surface area contributed by atoms with Crippen LogP contribution in [0.25, 0.3) is 0 Å². The third kappa shape index (κ3) is 4.16. The molecule has 2 fully saturated rings. The van der Waals surface area contributed by atoms with Crippen molar-refractivity contribution < 1.29 is 19.6 Å². The summed E-state index contributed by atoms with van der Waals surface area (Å²) in [6.07, 6.45) is 2.83. The number of carbonyl (C=O) groups is 2. The van der Waals surface area contributed by atoms with E-state index in [1.165, 1.54) is 21.9 Å².